The fraction of sp³-hybridized carbons (Fsp3) is 0.462. The molecule has 1 aromatic rings. The number of ether oxygens (including phenoxy) is 1. The Morgan fingerprint density at radius 3 is 2.50 bits per heavy atom. The van der Waals surface area contributed by atoms with Gasteiger partial charge in [0.15, 0.2) is 4.90 Å². The molecule has 0 spiro atoms. The molecule has 1 aromatic carbocycles. The number of hydrogen-bond donors (Lipinski definition) is 1. The predicted molar refractivity (Wildman–Crippen MR) is 78.7 cm³/mol. The molecule has 2 atom stereocenters. The minimum atomic E-state index is -4.24. The molecule has 0 saturated carbocycles. The fourth-order valence-corrected chi connectivity index (χ4v) is 3.29. The van der Waals surface area contributed by atoms with E-state index in [9.17, 15) is 23.3 Å². The van der Waals surface area contributed by atoms with Gasteiger partial charge in [0.05, 0.1) is 12.0 Å². The number of esters is 1. The second-order valence-electron chi connectivity index (χ2n) is 4.73. The maximum atomic E-state index is 12.4. The van der Waals surface area contributed by atoms with Crippen molar-refractivity contribution >= 4 is 21.7 Å². The van der Waals surface area contributed by atoms with Crippen LogP contribution in [0, 0.1) is 16.0 Å². The summed E-state index contributed by atoms with van der Waals surface area (Å²) in [6.45, 7) is 3.48. The number of sulfonamides is 1. The van der Waals surface area contributed by atoms with Gasteiger partial charge < -0.3 is 4.74 Å². The first-order valence-corrected chi connectivity index (χ1v) is 8.06. The molecular weight excluding hydrogens is 312 g/mol. The van der Waals surface area contributed by atoms with Gasteiger partial charge in [0, 0.05) is 6.07 Å². The van der Waals surface area contributed by atoms with Crippen LogP contribution in [-0.4, -0.2) is 32.5 Å². The van der Waals surface area contributed by atoms with Crippen LogP contribution in [-0.2, 0) is 19.6 Å². The highest BCUT2D eigenvalue weighted by atomic mass is 32.2. The predicted octanol–water partition coefficient (Wildman–Crippen LogP) is 1.46. The zero-order valence-electron chi connectivity index (χ0n) is 12.5. The molecule has 0 unspecified atom stereocenters. The third-order valence-electron chi connectivity index (χ3n) is 3.30. The van der Waals surface area contributed by atoms with E-state index in [0.29, 0.717) is 6.42 Å². The van der Waals surface area contributed by atoms with Gasteiger partial charge in [-0.15, -0.1) is 0 Å². The molecule has 9 heteroatoms. The van der Waals surface area contributed by atoms with Crippen LogP contribution in [0.15, 0.2) is 29.2 Å². The number of rotatable bonds is 7. The van der Waals surface area contributed by atoms with E-state index in [4.69, 9.17) is 0 Å². The molecule has 0 aliphatic rings. The van der Waals surface area contributed by atoms with Crippen molar-refractivity contribution in [2.24, 2.45) is 5.92 Å². The van der Waals surface area contributed by atoms with Crippen LogP contribution in [0.4, 0.5) is 5.69 Å². The average Bonchev–Trinajstić information content (AvgIpc) is 2.51. The maximum absolute atomic E-state index is 12.4. The number of hydrogen-bond acceptors (Lipinski definition) is 6. The number of nitro groups is 1. The normalized spacial score (nSPS) is 14.1. The Bertz CT molecular complexity index is 658. The molecule has 0 aromatic heterocycles. The topological polar surface area (TPSA) is 116 Å². The highest BCUT2D eigenvalue weighted by Crippen LogP contribution is 2.24. The van der Waals surface area contributed by atoms with Crippen LogP contribution in [0.5, 0.6) is 0 Å². The van der Waals surface area contributed by atoms with E-state index in [1.807, 2.05) is 0 Å². The molecule has 0 aliphatic heterocycles. The van der Waals surface area contributed by atoms with Crippen molar-refractivity contribution in [2.45, 2.75) is 31.2 Å². The summed E-state index contributed by atoms with van der Waals surface area (Å²) in [5.41, 5.74) is -0.553. The van der Waals surface area contributed by atoms with Crippen molar-refractivity contribution in [3.05, 3.63) is 34.4 Å². The second-order valence-corrected chi connectivity index (χ2v) is 6.41. The smallest absolute Gasteiger partial charge is 0.324 e. The molecule has 8 nitrogen and oxygen atoms in total. The third-order valence-corrected chi connectivity index (χ3v) is 4.79. The van der Waals surface area contributed by atoms with E-state index in [2.05, 4.69) is 9.46 Å². The molecule has 0 bridgehead atoms. The Morgan fingerprint density at radius 2 is 2.00 bits per heavy atom. The third kappa shape index (κ3) is 4.01. The van der Waals surface area contributed by atoms with Gasteiger partial charge in [0.1, 0.15) is 6.04 Å². The lowest BCUT2D eigenvalue weighted by atomic mass is 10.0. The van der Waals surface area contributed by atoms with Gasteiger partial charge in [-0.05, 0) is 12.0 Å². The van der Waals surface area contributed by atoms with Gasteiger partial charge >= 0.3 is 5.97 Å². The summed E-state index contributed by atoms with van der Waals surface area (Å²) in [5.74, 6) is -1.07. The van der Waals surface area contributed by atoms with E-state index in [0.717, 1.165) is 19.2 Å². The molecule has 0 aliphatic carbocycles. The summed E-state index contributed by atoms with van der Waals surface area (Å²) in [4.78, 5) is 21.4. The first-order chi connectivity index (χ1) is 10.2. The van der Waals surface area contributed by atoms with Gasteiger partial charge in [0.25, 0.3) is 5.69 Å². The minimum absolute atomic E-state index is 0.329. The Kier molecular flexibility index (Phi) is 6.01. The van der Waals surface area contributed by atoms with Gasteiger partial charge in [-0.25, -0.2) is 8.42 Å². The Morgan fingerprint density at radius 1 is 1.41 bits per heavy atom. The van der Waals surface area contributed by atoms with Crippen molar-refractivity contribution in [3.8, 4) is 0 Å². The number of carbonyl (C=O) groups excluding carboxylic acids is 1. The van der Waals surface area contributed by atoms with E-state index in [-0.39, 0.29) is 5.92 Å². The van der Waals surface area contributed by atoms with Crippen LogP contribution in [0.25, 0.3) is 0 Å². The van der Waals surface area contributed by atoms with Crippen LogP contribution >= 0.6 is 0 Å². The molecule has 0 heterocycles. The number of nitrogens with zero attached hydrogens (tertiary/aromatic N) is 1. The maximum Gasteiger partial charge on any atom is 0.324 e. The number of methoxy groups -OCH3 is 1. The summed E-state index contributed by atoms with van der Waals surface area (Å²) in [5, 5.41) is 11.0. The van der Waals surface area contributed by atoms with Crippen LogP contribution in [0.2, 0.25) is 0 Å². The molecule has 1 rings (SSSR count). The summed E-state index contributed by atoms with van der Waals surface area (Å²) < 4.78 is 31.6. The van der Waals surface area contributed by atoms with Gasteiger partial charge in [-0.3, -0.25) is 14.9 Å². The molecule has 1 N–H and O–H groups in total. The monoisotopic (exact) mass is 330 g/mol. The van der Waals surface area contributed by atoms with Crippen LogP contribution in [0.1, 0.15) is 20.3 Å². The molecule has 0 radical (unpaired) electrons. The van der Waals surface area contributed by atoms with Crippen LogP contribution in [0.3, 0.4) is 0 Å². The molecule has 0 saturated heterocycles. The number of carbonyl (C=O) groups is 1. The summed E-state index contributed by atoms with van der Waals surface area (Å²) >= 11 is 0. The Hall–Kier alpha value is -2.00. The van der Waals surface area contributed by atoms with Gasteiger partial charge in [-0.2, -0.15) is 4.72 Å². The summed E-state index contributed by atoms with van der Waals surface area (Å²) in [7, 11) is -3.09. The fourth-order valence-electron chi connectivity index (χ4n) is 1.83. The quantitative estimate of drug-likeness (QED) is 0.460. The molecule has 122 valence electrons. The van der Waals surface area contributed by atoms with Crippen molar-refractivity contribution < 1.29 is 22.9 Å². The Balaban J connectivity index is 3.24. The highest BCUT2D eigenvalue weighted by Gasteiger charge is 2.33. The number of nitro benzene ring substituents is 1. The molecular formula is C13H18N2O6S. The number of benzene rings is 1. The van der Waals surface area contributed by atoms with Crippen molar-refractivity contribution in [3.63, 3.8) is 0 Å². The lowest BCUT2D eigenvalue weighted by molar-refractivity contribution is -0.387. The number of nitrogens with one attached hydrogen (secondary N) is 1. The average molecular weight is 330 g/mol. The van der Waals surface area contributed by atoms with E-state index in [1.54, 1.807) is 13.8 Å². The zero-order chi connectivity index (χ0) is 16.9. The molecule has 22 heavy (non-hydrogen) atoms. The SMILES string of the molecule is CC[C@H](C)[C@H](NS(=O)(=O)c1ccccc1[N+](=O)[O-])C(=O)OC. The summed E-state index contributed by atoms with van der Waals surface area (Å²) in [6.07, 6.45) is 0.527. The first kappa shape index (κ1) is 18.1. The van der Waals surface area contributed by atoms with Crippen molar-refractivity contribution in [1.82, 2.24) is 4.72 Å². The second kappa shape index (κ2) is 7.32. The molecule has 0 fully saturated rings. The van der Waals surface area contributed by atoms with Gasteiger partial charge in [-0.1, -0.05) is 32.4 Å². The zero-order valence-corrected chi connectivity index (χ0v) is 13.3. The largest absolute Gasteiger partial charge is 0.468 e. The lowest BCUT2D eigenvalue weighted by Gasteiger charge is -2.21. The van der Waals surface area contributed by atoms with Gasteiger partial charge in [0.2, 0.25) is 10.0 Å². The number of para-hydroxylation sites is 1. The standard InChI is InChI=1S/C13H18N2O6S/c1-4-9(2)12(13(16)21-3)14-22(19,20)11-8-6-5-7-10(11)15(17)18/h5-9,12,14H,4H2,1-3H3/t9-,12-/m0/s1. The van der Waals surface area contributed by atoms with Crippen molar-refractivity contribution in [2.75, 3.05) is 7.11 Å². The van der Waals surface area contributed by atoms with E-state index in [1.165, 1.54) is 12.1 Å². The lowest BCUT2D eigenvalue weighted by Crippen LogP contribution is -2.45. The highest BCUT2D eigenvalue weighted by molar-refractivity contribution is 7.89. The molecule has 0 amide bonds. The van der Waals surface area contributed by atoms with E-state index < -0.39 is 37.5 Å². The van der Waals surface area contributed by atoms with E-state index >= 15 is 0 Å². The minimum Gasteiger partial charge on any atom is -0.468 e. The Labute approximate surface area is 128 Å². The van der Waals surface area contributed by atoms with Crippen LogP contribution < -0.4 is 4.72 Å². The first-order valence-electron chi connectivity index (χ1n) is 6.58. The van der Waals surface area contributed by atoms with Crippen molar-refractivity contribution in [1.29, 1.82) is 0 Å². The summed E-state index contributed by atoms with van der Waals surface area (Å²) in [6, 6.07) is 3.83.